The highest BCUT2D eigenvalue weighted by Crippen LogP contribution is 2.58. The number of benzene rings is 7. The zero-order valence-electron chi connectivity index (χ0n) is 27.1. The fraction of sp³-hybridized carbons (Fsp3) is 0.0213. The molecule has 2 heterocycles. The van der Waals surface area contributed by atoms with Crippen molar-refractivity contribution in [2.24, 2.45) is 0 Å². The molecule has 0 saturated carbocycles. The van der Waals surface area contributed by atoms with Gasteiger partial charge in [-0.15, -0.1) is 11.3 Å². The minimum Gasteiger partial charge on any atom is -0.228 e. The zero-order valence-corrected chi connectivity index (χ0v) is 27.9. The topological polar surface area (TPSA) is 25.8 Å². The van der Waals surface area contributed by atoms with Gasteiger partial charge in [-0.25, -0.2) is 9.97 Å². The molecule has 0 amide bonds. The molecule has 3 heteroatoms. The van der Waals surface area contributed by atoms with E-state index in [1.54, 1.807) is 0 Å². The van der Waals surface area contributed by atoms with Gasteiger partial charge in [-0.2, -0.15) is 0 Å². The van der Waals surface area contributed by atoms with Crippen LogP contribution in [-0.4, -0.2) is 9.97 Å². The predicted octanol–water partition coefficient (Wildman–Crippen LogP) is 12.2. The standard InChI is InChI=1S/C47H30N2S/c1-4-15-31(16-5-1)46-48-41(32-27-28-44-39(29-32)36-22-11-13-26-43(36)50-44)30-42(49-46)38-24-14-23-37-35-21-10-12-25-40(35)47(45(37)38,33-17-6-2-7-18-33)34-19-8-3-9-20-34/h1-30H. The van der Waals surface area contributed by atoms with Crippen LogP contribution >= 0.6 is 11.3 Å². The van der Waals surface area contributed by atoms with Crippen LogP contribution in [0, 0.1) is 0 Å². The molecule has 0 atom stereocenters. The highest BCUT2D eigenvalue weighted by molar-refractivity contribution is 7.25. The normalized spacial score (nSPS) is 13.0. The molecule has 0 unspecified atom stereocenters. The largest absolute Gasteiger partial charge is 0.228 e. The van der Waals surface area contributed by atoms with E-state index in [9.17, 15) is 0 Å². The van der Waals surface area contributed by atoms with E-state index >= 15 is 0 Å². The first-order valence-electron chi connectivity index (χ1n) is 17.0. The molecule has 0 spiro atoms. The van der Waals surface area contributed by atoms with Crippen LogP contribution in [0.5, 0.6) is 0 Å². The second-order valence-electron chi connectivity index (χ2n) is 12.9. The van der Waals surface area contributed by atoms with E-state index in [-0.39, 0.29) is 0 Å². The Hall–Kier alpha value is -6.16. The van der Waals surface area contributed by atoms with E-state index in [1.165, 1.54) is 53.6 Å². The van der Waals surface area contributed by atoms with Crippen LogP contribution in [0.2, 0.25) is 0 Å². The number of aromatic nitrogens is 2. The summed E-state index contributed by atoms with van der Waals surface area (Å²) in [4.78, 5) is 10.6. The van der Waals surface area contributed by atoms with Gasteiger partial charge in [0.2, 0.25) is 0 Å². The predicted molar refractivity (Wildman–Crippen MR) is 209 cm³/mol. The zero-order chi connectivity index (χ0) is 33.1. The lowest BCUT2D eigenvalue weighted by atomic mass is 9.66. The highest BCUT2D eigenvalue weighted by Gasteiger charge is 2.47. The second kappa shape index (κ2) is 11.5. The Morgan fingerprint density at radius 2 is 1.00 bits per heavy atom. The van der Waals surface area contributed by atoms with Crippen molar-refractivity contribution in [2.75, 3.05) is 0 Å². The molecule has 1 aliphatic carbocycles. The van der Waals surface area contributed by atoms with Gasteiger partial charge in [0, 0.05) is 36.9 Å². The molecule has 9 aromatic rings. The smallest absolute Gasteiger partial charge is 0.160 e. The van der Waals surface area contributed by atoms with Crippen molar-refractivity contribution in [3.05, 3.63) is 204 Å². The molecular formula is C47H30N2S. The van der Waals surface area contributed by atoms with Crippen molar-refractivity contribution in [1.29, 1.82) is 0 Å². The number of hydrogen-bond donors (Lipinski definition) is 0. The van der Waals surface area contributed by atoms with E-state index in [4.69, 9.17) is 9.97 Å². The van der Waals surface area contributed by atoms with Gasteiger partial charge in [-0.05, 0) is 57.6 Å². The highest BCUT2D eigenvalue weighted by atomic mass is 32.1. The average molecular weight is 655 g/mol. The third-order valence-electron chi connectivity index (χ3n) is 10.2. The van der Waals surface area contributed by atoms with Crippen LogP contribution in [0.25, 0.3) is 65.2 Å². The first kappa shape index (κ1) is 28.8. The molecule has 0 N–H and O–H groups in total. The molecule has 0 fully saturated rings. The maximum absolute atomic E-state index is 5.39. The Labute approximate surface area is 295 Å². The summed E-state index contributed by atoms with van der Waals surface area (Å²) in [6.07, 6.45) is 0. The average Bonchev–Trinajstić information content (AvgIpc) is 3.72. The Morgan fingerprint density at radius 1 is 0.400 bits per heavy atom. The summed E-state index contributed by atoms with van der Waals surface area (Å²) in [7, 11) is 0. The quantitative estimate of drug-likeness (QED) is 0.185. The van der Waals surface area contributed by atoms with Gasteiger partial charge in [-0.3, -0.25) is 0 Å². The van der Waals surface area contributed by atoms with Gasteiger partial charge in [0.1, 0.15) is 0 Å². The van der Waals surface area contributed by atoms with E-state index in [2.05, 4.69) is 176 Å². The lowest BCUT2D eigenvalue weighted by molar-refractivity contribution is 0.769. The van der Waals surface area contributed by atoms with Crippen LogP contribution in [-0.2, 0) is 5.41 Å². The SMILES string of the molecule is c1ccc(-c2nc(-c3ccc4sc5ccccc5c4c3)cc(-c3cccc4c3C(c3ccccc3)(c3ccccc3)c3ccccc3-4)n2)cc1. The van der Waals surface area contributed by atoms with Gasteiger partial charge in [-0.1, -0.05) is 158 Å². The maximum Gasteiger partial charge on any atom is 0.160 e. The van der Waals surface area contributed by atoms with E-state index < -0.39 is 5.41 Å². The lowest BCUT2D eigenvalue weighted by Crippen LogP contribution is -2.29. The Morgan fingerprint density at radius 3 is 1.78 bits per heavy atom. The van der Waals surface area contributed by atoms with Crippen molar-refractivity contribution in [2.45, 2.75) is 5.41 Å². The molecule has 0 radical (unpaired) electrons. The van der Waals surface area contributed by atoms with Crippen LogP contribution in [0.15, 0.2) is 182 Å². The Bertz CT molecular complexity index is 2660. The molecule has 0 saturated heterocycles. The lowest BCUT2D eigenvalue weighted by Gasteiger charge is -2.35. The monoisotopic (exact) mass is 654 g/mol. The third-order valence-corrected chi connectivity index (χ3v) is 11.3. The number of thiophene rings is 1. The van der Waals surface area contributed by atoms with Crippen LogP contribution in [0.3, 0.4) is 0 Å². The molecule has 2 aromatic heterocycles. The number of rotatable bonds is 5. The molecule has 234 valence electrons. The fourth-order valence-electron chi connectivity index (χ4n) is 8.05. The van der Waals surface area contributed by atoms with Gasteiger partial charge in [0.05, 0.1) is 16.8 Å². The maximum atomic E-state index is 5.39. The second-order valence-corrected chi connectivity index (χ2v) is 14.0. The van der Waals surface area contributed by atoms with Crippen molar-refractivity contribution in [3.8, 4) is 45.0 Å². The van der Waals surface area contributed by atoms with Crippen LogP contribution < -0.4 is 0 Å². The van der Waals surface area contributed by atoms with Crippen LogP contribution in [0.4, 0.5) is 0 Å². The van der Waals surface area contributed by atoms with Gasteiger partial charge in [0.25, 0.3) is 0 Å². The Balaban J connectivity index is 1.28. The summed E-state index contributed by atoms with van der Waals surface area (Å²) in [5.41, 5.74) is 11.9. The van der Waals surface area contributed by atoms with E-state index in [0.29, 0.717) is 5.82 Å². The number of fused-ring (bicyclic) bond motifs is 6. The Kier molecular flexibility index (Phi) is 6.61. The number of hydrogen-bond acceptors (Lipinski definition) is 3. The fourth-order valence-corrected chi connectivity index (χ4v) is 9.14. The van der Waals surface area contributed by atoms with Gasteiger partial charge in [0.15, 0.2) is 5.82 Å². The molecule has 50 heavy (non-hydrogen) atoms. The minimum atomic E-state index is -0.544. The molecule has 0 bridgehead atoms. The van der Waals surface area contributed by atoms with Crippen molar-refractivity contribution in [3.63, 3.8) is 0 Å². The summed E-state index contributed by atoms with van der Waals surface area (Å²) >= 11 is 1.84. The van der Waals surface area contributed by atoms with Crippen molar-refractivity contribution >= 4 is 31.5 Å². The van der Waals surface area contributed by atoms with Crippen LogP contribution in [0.1, 0.15) is 22.3 Å². The first-order valence-corrected chi connectivity index (χ1v) is 17.8. The van der Waals surface area contributed by atoms with Gasteiger partial charge < -0.3 is 0 Å². The van der Waals surface area contributed by atoms with Crippen molar-refractivity contribution in [1.82, 2.24) is 9.97 Å². The summed E-state index contributed by atoms with van der Waals surface area (Å²) in [5.74, 6) is 0.714. The molecule has 2 nitrogen and oxygen atoms in total. The number of nitrogens with zero attached hydrogens (tertiary/aromatic N) is 2. The summed E-state index contributed by atoms with van der Waals surface area (Å²) < 4.78 is 2.58. The first-order chi connectivity index (χ1) is 24.8. The van der Waals surface area contributed by atoms with Crippen molar-refractivity contribution < 1.29 is 0 Å². The van der Waals surface area contributed by atoms with Gasteiger partial charge >= 0.3 is 0 Å². The van der Waals surface area contributed by atoms with E-state index in [1.807, 2.05) is 17.4 Å². The molecule has 10 rings (SSSR count). The molecule has 7 aromatic carbocycles. The van der Waals surface area contributed by atoms with E-state index in [0.717, 1.165) is 28.1 Å². The summed E-state index contributed by atoms with van der Waals surface area (Å²) in [6, 6.07) is 65.5. The summed E-state index contributed by atoms with van der Waals surface area (Å²) in [5, 5.41) is 2.54. The summed E-state index contributed by atoms with van der Waals surface area (Å²) in [6.45, 7) is 0. The molecule has 0 aliphatic heterocycles. The molecular weight excluding hydrogens is 625 g/mol. The molecule has 1 aliphatic rings. The minimum absolute atomic E-state index is 0.544. The third kappa shape index (κ3) is 4.34.